The van der Waals surface area contributed by atoms with E-state index >= 15 is 0 Å². The van der Waals surface area contributed by atoms with Gasteiger partial charge in [0.1, 0.15) is 0 Å². The number of hydrogen-bond acceptors (Lipinski definition) is 1. The van der Waals surface area contributed by atoms with Crippen LogP contribution in [0.15, 0.2) is 18.2 Å². The molecule has 0 atom stereocenters. The van der Waals surface area contributed by atoms with Crippen LogP contribution in [0.1, 0.15) is 12.0 Å². The molecular weight excluding hydrogens is 205 g/mol. The summed E-state index contributed by atoms with van der Waals surface area (Å²) < 4.78 is 0. The zero-order valence-electron chi connectivity index (χ0n) is 6.98. The van der Waals surface area contributed by atoms with Crippen molar-refractivity contribution in [3.05, 3.63) is 28.8 Å². The average molecular weight is 214 g/mol. The Morgan fingerprint density at radius 2 is 2.15 bits per heavy atom. The highest BCUT2D eigenvalue weighted by atomic mass is 35.5. The summed E-state index contributed by atoms with van der Waals surface area (Å²) in [6.07, 6.45) is 0.645. The van der Waals surface area contributed by atoms with Gasteiger partial charge in [0.25, 0.3) is 0 Å². The maximum Gasteiger partial charge on any atom is 0.0661 e. The Bertz CT molecular complexity index is 329. The summed E-state index contributed by atoms with van der Waals surface area (Å²) in [7, 11) is 0. The van der Waals surface area contributed by atoms with E-state index in [2.05, 4.69) is 11.8 Å². The third-order valence-electron chi connectivity index (χ3n) is 1.48. The summed E-state index contributed by atoms with van der Waals surface area (Å²) in [6.45, 7) is 0. The molecule has 1 nitrogen and oxygen atoms in total. The molecule has 1 rings (SSSR count). The summed E-state index contributed by atoms with van der Waals surface area (Å²) >= 11 is 11.4. The van der Waals surface area contributed by atoms with Gasteiger partial charge in [-0.2, -0.15) is 0 Å². The fourth-order valence-corrected chi connectivity index (χ4v) is 1.19. The lowest BCUT2D eigenvalue weighted by Gasteiger charge is -1.98. The van der Waals surface area contributed by atoms with Crippen molar-refractivity contribution in [3.8, 4) is 11.8 Å². The molecular formula is C10H9Cl2N. The van der Waals surface area contributed by atoms with Crippen LogP contribution >= 0.6 is 23.2 Å². The number of benzene rings is 1. The maximum absolute atomic E-state index is 5.89. The molecule has 1 aromatic carbocycles. The molecule has 0 aromatic heterocycles. The minimum absolute atomic E-state index is 0.525. The molecule has 0 aliphatic carbocycles. The van der Waals surface area contributed by atoms with Crippen molar-refractivity contribution in [1.82, 2.24) is 0 Å². The zero-order chi connectivity index (χ0) is 9.68. The minimum Gasteiger partial charge on any atom is -0.398 e. The van der Waals surface area contributed by atoms with Gasteiger partial charge in [0, 0.05) is 18.0 Å². The average Bonchev–Trinajstić information content (AvgIpc) is 2.10. The Hall–Kier alpha value is -0.840. The van der Waals surface area contributed by atoms with E-state index in [9.17, 15) is 0 Å². The molecule has 2 N–H and O–H groups in total. The van der Waals surface area contributed by atoms with Crippen molar-refractivity contribution in [2.45, 2.75) is 6.42 Å². The van der Waals surface area contributed by atoms with Crippen LogP contribution in [0.25, 0.3) is 0 Å². The second-order valence-corrected chi connectivity index (χ2v) is 3.23. The highest BCUT2D eigenvalue weighted by Crippen LogP contribution is 2.20. The third kappa shape index (κ3) is 2.84. The van der Waals surface area contributed by atoms with Crippen molar-refractivity contribution in [2.24, 2.45) is 0 Å². The second kappa shape index (κ2) is 5.01. The highest BCUT2D eigenvalue weighted by Gasteiger charge is 1.99. The molecule has 0 saturated carbocycles. The van der Waals surface area contributed by atoms with Crippen LogP contribution in [0, 0.1) is 11.8 Å². The largest absolute Gasteiger partial charge is 0.398 e. The fraction of sp³-hybridized carbons (Fsp3) is 0.200. The van der Waals surface area contributed by atoms with Crippen molar-refractivity contribution in [3.63, 3.8) is 0 Å². The summed E-state index contributed by atoms with van der Waals surface area (Å²) in [5.74, 6) is 6.30. The van der Waals surface area contributed by atoms with Crippen LogP contribution in [0.5, 0.6) is 0 Å². The Kier molecular flexibility index (Phi) is 3.95. The van der Waals surface area contributed by atoms with Crippen LogP contribution in [0.4, 0.5) is 5.69 Å². The van der Waals surface area contributed by atoms with E-state index < -0.39 is 0 Å². The topological polar surface area (TPSA) is 26.0 Å². The van der Waals surface area contributed by atoms with Gasteiger partial charge in [0.05, 0.1) is 10.6 Å². The van der Waals surface area contributed by atoms with E-state index in [4.69, 9.17) is 28.9 Å². The number of rotatable bonds is 1. The summed E-state index contributed by atoms with van der Waals surface area (Å²) in [6, 6.07) is 5.34. The monoisotopic (exact) mass is 213 g/mol. The molecule has 68 valence electrons. The molecule has 0 amide bonds. The lowest BCUT2D eigenvalue weighted by Crippen LogP contribution is -1.90. The smallest absolute Gasteiger partial charge is 0.0661 e. The first-order valence-electron chi connectivity index (χ1n) is 3.84. The number of alkyl halides is 1. The molecule has 0 saturated heterocycles. The Labute approximate surface area is 87.8 Å². The van der Waals surface area contributed by atoms with Gasteiger partial charge >= 0.3 is 0 Å². The van der Waals surface area contributed by atoms with Crippen LogP contribution < -0.4 is 5.73 Å². The van der Waals surface area contributed by atoms with Crippen molar-refractivity contribution in [1.29, 1.82) is 0 Å². The van der Waals surface area contributed by atoms with Gasteiger partial charge in [0.15, 0.2) is 0 Å². The van der Waals surface area contributed by atoms with E-state index in [1.165, 1.54) is 0 Å². The minimum atomic E-state index is 0.525. The van der Waals surface area contributed by atoms with Crippen molar-refractivity contribution in [2.75, 3.05) is 11.6 Å². The lowest BCUT2D eigenvalue weighted by atomic mass is 10.2. The molecule has 3 heteroatoms. The van der Waals surface area contributed by atoms with Gasteiger partial charge in [-0.25, -0.2) is 0 Å². The molecule has 0 unspecified atom stereocenters. The summed E-state index contributed by atoms with van der Waals surface area (Å²) in [5, 5.41) is 0.585. The van der Waals surface area contributed by atoms with Gasteiger partial charge in [0.2, 0.25) is 0 Å². The molecule has 0 aliphatic rings. The number of anilines is 1. The SMILES string of the molecule is Nc1cccc(Cl)c1C#CCCCl. The van der Waals surface area contributed by atoms with Gasteiger partial charge in [-0.15, -0.1) is 11.6 Å². The first-order valence-corrected chi connectivity index (χ1v) is 4.75. The molecule has 0 spiro atoms. The van der Waals surface area contributed by atoms with Gasteiger partial charge in [-0.3, -0.25) is 0 Å². The highest BCUT2D eigenvalue weighted by molar-refractivity contribution is 6.32. The number of nitrogen functional groups attached to an aromatic ring is 1. The first-order chi connectivity index (χ1) is 6.25. The molecule has 0 radical (unpaired) electrons. The number of halogens is 2. The lowest BCUT2D eigenvalue weighted by molar-refractivity contribution is 1.29. The molecule has 0 fully saturated rings. The Morgan fingerprint density at radius 3 is 2.77 bits per heavy atom. The Morgan fingerprint density at radius 1 is 1.38 bits per heavy atom. The third-order valence-corrected chi connectivity index (χ3v) is 1.98. The van der Waals surface area contributed by atoms with Gasteiger partial charge in [-0.05, 0) is 12.1 Å². The predicted molar refractivity (Wildman–Crippen MR) is 58.1 cm³/mol. The molecule has 1 aromatic rings. The van der Waals surface area contributed by atoms with Gasteiger partial charge in [-0.1, -0.05) is 29.5 Å². The van der Waals surface area contributed by atoms with Crippen molar-refractivity contribution >= 4 is 28.9 Å². The number of hydrogen-bond donors (Lipinski definition) is 1. The van der Waals surface area contributed by atoms with E-state index in [0.717, 1.165) is 0 Å². The normalized spacial score (nSPS) is 9.08. The summed E-state index contributed by atoms with van der Waals surface area (Å²) in [5.41, 5.74) is 6.98. The van der Waals surface area contributed by atoms with E-state index in [1.807, 2.05) is 0 Å². The van der Waals surface area contributed by atoms with E-state index in [1.54, 1.807) is 18.2 Å². The van der Waals surface area contributed by atoms with Crippen molar-refractivity contribution < 1.29 is 0 Å². The van der Waals surface area contributed by atoms with Crippen LogP contribution in [-0.4, -0.2) is 5.88 Å². The summed E-state index contributed by atoms with van der Waals surface area (Å²) in [4.78, 5) is 0. The van der Waals surface area contributed by atoms with E-state index in [-0.39, 0.29) is 0 Å². The first kappa shape index (κ1) is 10.2. The van der Waals surface area contributed by atoms with E-state index in [0.29, 0.717) is 28.6 Å². The fourth-order valence-electron chi connectivity index (χ4n) is 0.871. The Balaban J connectivity index is 2.95. The second-order valence-electron chi connectivity index (χ2n) is 2.44. The molecule has 0 bridgehead atoms. The quantitative estimate of drug-likeness (QED) is 0.434. The number of nitrogens with two attached hydrogens (primary N) is 1. The predicted octanol–water partition coefficient (Wildman–Crippen LogP) is 2.90. The van der Waals surface area contributed by atoms with Crippen LogP contribution in [0.3, 0.4) is 0 Å². The standard InChI is InChI=1S/C10H9Cl2N/c11-7-2-1-4-8-9(12)5-3-6-10(8)13/h3,5-6H,2,7,13H2. The van der Waals surface area contributed by atoms with Gasteiger partial charge < -0.3 is 5.73 Å². The van der Waals surface area contributed by atoms with Crippen LogP contribution in [-0.2, 0) is 0 Å². The maximum atomic E-state index is 5.89. The molecule has 13 heavy (non-hydrogen) atoms. The zero-order valence-corrected chi connectivity index (χ0v) is 8.49. The molecule has 0 aliphatic heterocycles. The van der Waals surface area contributed by atoms with Crippen LogP contribution in [0.2, 0.25) is 5.02 Å². The molecule has 0 heterocycles.